The molecule has 0 aliphatic carbocycles. The number of ether oxygens (including phenoxy) is 1. The number of carbonyl (C=O) groups excluding carboxylic acids is 1. The van der Waals surface area contributed by atoms with Gasteiger partial charge in [0.05, 0.1) is 5.69 Å². The van der Waals surface area contributed by atoms with Gasteiger partial charge in [-0.05, 0) is 36.8 Å². The summed E-state index contributed by atoms with van der Waals surface area (Å²) >= 11 is 0. The van der Waals surface area contributed by atoms with Crippen molar-refractivity contribution in [2.75, 3.05) is 17.7 Å². The highest BCUT2D eigenvalue weighted by Crippen LogP contribution is 2.34. The maximum absolute atomic E-state index is 11.4. The highest BCUT2D eigenvalue weighted by Gasteiger charge is 2.18. The minimum Gasteiger partial charge on any atom is -0.482 e. The predicted molar refractivity (Wildman–Crippen MR) is 83.9 cm³/mol. The summed E-state index contributed by atoms with van der Waals surface area (Å²) in [5.41, 5.74) is 10.3. The molecule has 1 amide bonds. The van der Waals surface area contributed by atoms with Crippen molar-refractivity contribution in [3.8, 4) is 17.0 Å². The van der Waals surface area contributed by atoms with E-state index in [4.69, 9.17) is 10.5 Å². The lowest BCUT2D eigenvalue weighted by atomic mass is 10.1. The molecule has 1 aromatic carbocycles. The summed E-state index contributed by atoms with van der Waals surface area (Å²) in [6, 6.07) is 9.46. The van der Waals surface area contributed by atoms with E-state index in [1.807, 2.05) is 47.9 Å². The standard InChI is InChI=1S/C16H14N4O2/c1-9-2-5-13-19-15(16(17)20(13)7-9)10-3-4-12-11(6-10)18-14(21)8-22-12/h2-7H,8,17H2,1H3,(H,18,21). The number of fused-ring (bicyclic) bond motifs is 2. The number of nitrogens with one attached hydrogen (secondary N) is 1. The number of nitrogens with two attached hydrogens (primary N) is 1. The summed E-state index contributed by atoms with van der Waals surface area (Å²) in [6.45, 7) is 2.05. The number of amides is 1. The Balaban J connectivity index is 1.87. The van der Waals surface area contributed by atoms with Crippen LogP contribution in [0.3, 0.4) is 0 Å². The molecule has 6 heteroatoms. The van der Waals surface area contributed by atoms with Crippen LogP contribution in [0, 0.1) is 6.92 Å². The van der Waals surface area contributed by atoms with Crippen LogP contribution in [-0.2, 0) is 4.79 Å². The van der Waals surface area contributed by atoms with E-state index in [0.717, 1.165) is 16.8 Å². The molecule has 3 heterocycles. The Morgan fingerprint density at radius 3 is 3.05 bits per heavy atom. The van der Waals surface area contributed by atoms with E-state index in [1.165, 1.54) is 0 Å². The number of pyridine rings is 1. The molecular formula is C16H14N4O2. The first kappa shape index (κ1) is 12.7. The normalized spacial score (nSPS) is 13.6. The summed E-state index contributed by atoms with van der Waals surface area (Å²) in [4.78, 5) is 16.0. The summed E-state index contributed by atoms with van der Waals surface area (Å²) in [6.07, 6.45) is 1.95. The molecule has 1 aliphatic rings. The third-order valence-electron chi connectivity index (χ3n) is 3.69. The van der Waals surface area contributed by atoms with Gasteiger partial charge in [0.15, 0.2) is 6.61 Å². The highest BCUT2D eigenvalue weighted by molar-refractivity contribution is 5.96. The minimum absolute atomic E-state index is 0.0438. The zero-order valence-corrected chi connectivity index (χ0v) is 12.0. The fraction of sp³-hybridized carbons (Fsp3) is 0.125. The van der Waals surface area contributed by atoms with Crippen molar-refractivity contribution in [1.82, 2.24) is 9.38 Å². The molecule has 4 rings (SSSR count). The van der Waals surface area contributed by atoms with Crippen LogP contribution < -0.4 is 15.8 Å². The van der Waals surface area contributed by atoms with Gasteiger partial charge in [-0.3, -0.25) is 9.20 Å². The first-order valence-electron chi connectivity index (χ1n) is 6.93. The molecule has 2 aromatic heterocycles. The smallest absolute Gasteiger partial charge is 0.262 e. The van der Waals surface area contributed by atoms with E-state index in [0.29, 0.717) is 22.9 Å². The molecule has 110 valence electrons. The second-order valence-corrected chi connectivity index (χ2v) is 5.33. The van der Waals surface area contributed by atoms with Gasteiger partial charge >= 0.3 is 0 Å². The topological polar surface area (TPSA) is 81.6 Å². The van der Waals surface area contributed by atoms with E-state index < -0.39 is 0 Å². The Bertz CT molecular complexity index is 914. The summed E-state index contributed by atoms with van der Waals surface area (Å²) in [5.74, 6) is 1.06. The SMILES string of the molecule is Cc1ccc2nc(-c3ccc4c(c3)NC(=O)CO4)c(N)n2c1. The first-order chi connectivity index (χ1) is 10.6. The largest absolute Gasteiger partial charge is 0.482 e. The number of anilines is 2. The molecule has 0 spiro atoms. The van der Waals surface area contributed by atoms with Crippen LogP contribution in [0.15, 0.2) is 36.5 Å². The van der Waals surface area contributed by atoms with Crippen molar-refractivity contribution in [2.24, 2.45) is 0 Å². The number of aryl methyl sites for hydroxylation is 1. The number of rotatable bonds is 1. The minimum atomic E-state index is -0.164. The van der Waals surface area contributed by atoms with Crippen molar-refractivity contribution < 1.29 is 9.53 Å². The van der Waals surface area contributed by atoms with Crippen LogP contribution in [0.4, 0.5) is 11.5 Å². The number of carbonyl (C=O) groups is 1. The summed E-state index contributed by atoms with van der Waals surface area (Å²) < 4.78 is 7.22. The molecule has 0 fully saturated rings. The Kier molecular flexibility index (Phi) is 2.59. The van der Waals surface area contributed by atoms with Crippen molar-refractivity contribution in [3.05, 3.63) is 42.1 Å². The van der Waals surface area contributed by atoms with Gasteiger partial charge in [-0.15, -0.1) is 0 Å². The molecule has 3 aromatic rings. The lowest BCUT2D eigenvalue weighted by Crippen LogP contribution is -2.25. The molecule has 0 radical (unpaired) electrons. The van der Waals surface area contributed by atoms with E-state index in [9.17, 15) is 4.79 Å². The number of hydrogen-bond donors (Lipinski definition) is 2. The van der Waals surface area contributed by atoms with Gasteiger partial charge < -0.3 is 15.8 Å². The third-order valence-corrected chi connectivity index (χ3v) is 3.69. The average Bonchev–Trinajstić information content (AvgIpc) is 2.83. The monoisotopic (exact) mass is 294 g/mol. The molecule has 6 nitrogen and oxygen atoms in total. The van der Waals surface area contributed by atoms with Gasteiger partial charge in [0, 0.05) is 11.8 Å². The zero-order chi connectivity index (χ0) is 15.3. The Hall–Kier alpha value is -3.02. The van der Waals surface area contributed by atoms with Gasteiger partial charge in [-0.25, -0.2) is 4.98 Å². The average molecular weight is 294 g/mol. The number of nitrogen functional groups attached to an aromatic ring is 1. The fourth-order valence-electron chi connectivity index (χ4n) is 2.61. The molecule has 0 unspecified atom stereocenters. The molecule has 0 saturated heterocycles. The maximum atomic E-state index is 11.4. The Morgan fingerprint density at radius 2 is 2.18 bits per heavy atom. The van der Waals surface area contributed by atoms with Crippen LogP contribution in [-0.4, -0.2) is 21.9 Å². The van der Waals surface area contributed by atoms with Crippen LogP contribution >= 0.6 is 0 Å². The maximum Gasteiger partial charge on any atom is 0.262 e. The van der Waals surface area contributed by atoms with Crippen LogP contribution in [0.25, 0.3) is 16.9 Å². The van der Waals surface area contributed by atoms with Gasteiger partial charge in [-0.2, -0.15) is 0 Å². The quantitative estimate of drug-likeness (QED) is 0.721. The molecule has 0 bridgehead atoms. The van der Waals surface area contributed by atoms with Crippen molar-refractivity contribution in [3.63, 3.8) is 0 Å². The van der Waals surface area contributed by atoms with Gasteiger partial charge in [0.1, 0.15) is 22.9 Å². The Morgan fingerprint density at radius 1 is 1.32 bits per heavy atom. The molecular weight excluding hydrogens is 280 g/mol. The highest BCUT2D eigenvalue weighted by atomic mass is 16.5. The summed E-state index contributed by atoms with van der Waals surface area (Å²) in [7, 11) is 0. The van der Waals surface area contributed by atoms with Crippen molar-refractivity contribution >= 4 is 23.1 Å². The van der Waals surface area contributed by atoms with Gasteiger partial charge in [-0.1, -0.05) is 6.07 Å². The van der Waals surface area contributed by atoms with E-state index in [-0.39, 0.29) is 12.5 Å². The number of hydrogen-bond acceptors (Lipinski definition) is 4. The van der Waals surface area contributed by atoms with Crippen molar-refractivity contribution in [2.45, 2.75) is 6.92 Å². The molecule has 0 saturated carbocycles. The van der Waals surface area contributed by atoms with E-state index in [2.05, 4.69) is 10.3 Å². The van der Waals surface area contributed by atoms with Crippen LogP contribution in [0.5, 0.6) is 5.75 Å². The lowest BCUT2D eigenvalue weighted by Gasteiger charge is -2.18. The Labute approximate surface area is 126 Å². The molecule has 0 atom stereocenters. The van der Waals surface area contributed by atoms with Gasteiger partial charge in [0.25, 0.3) is 5.91 Å². The second kappa shape index (κ2) is 4.49. The number of imidazole rings is 1. The van der Waals surface area contributed by atoms with E-state index >= 15 is 0 Å². The lowest BCUT2D eigenvalue weighted by molar-refractivity contribution is -0.118. The third kappa shape index (κ3) is 1.88. The fourth-order valence-corrected chi connectivity index (χ4v) is 2.61. The van der Waals surface area contributed by atoms with Crippen LogP contribution in [0.1, 0.15) is 5.56 Å². The molecule has 1 aliphatic heterocycles. The summed E-state index contributed by atoms with van der Waals surface area (Å²) in [5, 5.41) is 2.79. The molecule has 3 N–H and O–H groups in total. The second-order valence-electron chi connectivity index (χ2n) is 5.33. The van der Waals surface area contributed by atoms with E-state index in [1.54, 1.807) is 0 Å². The predicted octanol–water partition coefficient (Wildman–Crippen LogP) is 2.22. The zero-order valence-electron chi connectivity index (χ0n) is 12.0. The number of benzene rings is 1. The number of aromatic nitrogens is 2. The van der Waals surface area contributed by atoms with Crippen LogP contribution in [0.2, 0.25) is 0 Å². The first-order valence-corrected chi connectivity index (χ1v) is 6.93. The van der Waals surface area contributed by atoms with Gasteiger partial charge in [0.2, 0.25) is 0 Å². The number of nitrogens with zero attached hydrogens (tertiary/aromatic N) is 2. The van der Waals surface area contributed by atoms with Crippen molar-refractivity contribution in [1.29, 1.82) is 0 Å². The molecule has 22 heavy (non-hydrogen) atoms.